The number of hydrogen-bond acceptors (Lipinski definition) is 1. The molecule has 2 saturated carbocycles. The number of Topliss-reactive ketones (excluding diaryl/α,β-unsaturated/α-hetero) is 1. The molecule has 2 aliphatic carbocycles. The Hall–Kier alpha value is -2.30. The third kappa shape index (κ3) is 6.20. The quantitative estimate of drug-likeness (QED) is 0.165. The molecule has 1 aromatic rings. The van der Waals surface area contributed by atoms with E-state index in [4.69, 9.17) is 0 Å². The van der Waals surface area contributed by atoms with Gasteiger partial charge in [0.05, 0.1) is 0 Å². The summed E-state index contributed by atoms with van der Waals surface area (Å²) in [5.74, 6) is -59.9. The minimum atomic E-state index is -8.74. The van der Waals surface area contributed by atoms with Gasteiger partial charge < -0.3 is 0 Å². The lowest BCUT2D eigenvalue weighted by atomic mass is 9.68. The van der Waals surface area contributed by atoms with Crippen LogP contribution in [0.1, 0.15) is 86.6 Å². The number of benzene rings is 1. The third-order valence-corrected chi connectivity index (χ3v) is 9.56. The van der Waals surface area contributed by atoms with Crippen molar-refractivity contribution < 1.29 is 79.4 Å². The first-order chi connectivity index (χ1) is 21.1. The fourth-order valence-electron chi connectivity index (χ4n) is 6.39. The van der Waals surface area contributed by atoms with Gasteiger partial charge in [-0.05, 0) is 67.8 Å². The van der Waals surface area contributed by atoms with E-state index < -0.39 is 59.0 Å². The topological polar surface area (TPSA) is 17.1 Å². The van der Waals surface area contributed by atoms with Crippen LogP contribution in [0.2, 0.25) is 0 Å². The summed E-state index contributed by atoms with van der Waals surface area (Å²) in [5, 5.41) is 0. The van der Waals surface area contributed by atoms with Crippen LogP contribution < -0.4 is 0 Å². The van der Waals surface area contributed by atoms with Crippen molar-refractivity contribution in [2.24, 2.45) is 17.8 Å². The van der Waals surface area contributed by atoms with Gasteiger partial charge in [0.25, 0.3) is 0 Å². The van der Waals surface area contributed by atoms with Crippen LogP contribution in [0.15, 0.2) is 24.3 Å². The molecule has 0 atom stereocenters. The first kappa shape index (κ1) is 39.1. The molecule has 2 fully saturated rings. The van der Waals surface area contributed by atoms with Gasteiger partial charge in [0.2, 0.25) is 5.78 Å². The minimum Gasteiger partial charge on any atom is -0.287 e. The van der Waals surface area contributed by atoms with Crippen molar-refractivity contribution in [3.05, 3.63) is 35.4 Å². The summed E-state index contributed by atoms with van der Waals surface area (Å²) in [7, 11) is 0. The maximum absolute atomic E-state index is 14.5. The van der Waals surface area contributed by atoms with Crippen LogP contribution in [0, 0.1) is 17.8 Å². The molecule has 0 heterocycles. The average molecular weight is 717 g/mol. The molecule has 0 N–H and O–H groups in total. The van der Waals surface area contributed by atoms with E-state index in [0.29, 0.717) is 48.3 Å². The minimum absolute atomic E-state index is 0.203. The fourth-order valence-corrected chi connectivity index (χ4v) is 6.39. The summed E-state index contributed by atoms with van der Waals surface area (Å²) in [6, 6.07) is 2.78. The molecule has 18 heteroatoms. The van der Waals surface area contributed by atoms with Gasteiger partial charge in [0.15, 0.2) is 0 Å². The monoisotopic (exact) mass is 716 g/mol. The molecule has 0 amide bonds. The molecule has 0 aromatic heterocycles. The predicted molar refractivity (Wildman–Crippen MR) is 132 cm³/mol. The van der Waals surface area contributed by atoms with Crippen LogP contribution in [-0.4, -0.2) is 53.4 Å². The zero-order chi connectivity index (χ0) is 36.2. The van der Waals surface area contributed by atoms with Crippen LogP contribution in [0.3, 0.4) is 0 Å². The Morgan fingerprint density at radius 1 is 0.532 bits per heavy atom. The van der Waals surface area contributed by atoms with Crippen LogP contribution in [0.5, 0.6) is 0 Å². The molecule has 3 rings (SSSR count). The Bertz CT molecular complexity index is 1240. The number of carbonyl (C=O) groups excluding carboxylic acids is 1. The first-order valence-electron chi connectivity index (χ1n) is 14.5. The van der Waals surface area contributed by atoms with E-state index in [2.05, 4.69) is 6.92 Å². The van der Waals surface area contributed by atoms with E-state index in [-0.39, 0.29) is 5.92 Å². The highest BCUT2D eigenvalue weighted by Gasteiger charge is 2.95. The van der Waals surface area contributed by atoms with Gasteiger partial charge in [-0.25, -0.2) is 0 Å². The Morgan fingerprint density at radius 3 is 1.28 bits per heavy atom. The highest BCUT2D eigenvalue weighted by Crippen LogP contribution is 2.64. The van der Waals surface area contributed by atoms with Crippen LogP contribution in [0.25, 0.3) is 0 Å². The number of hydrogen-bond donors (Lipinski definition) is 0. The summed E-state index contributed by atoms with van der Waals surface area (Å²) >= 11 is 0. The molecular weight excluding hydrogens is 687 g/mol. The molecule has 1 aromatic carbocycles. The molecular formula is C29H29F17O. The van der Waals surface area contributed by atoms with E-state index in [1.165, 1.54) is 0 Å². The highest BCUT2D eigenvalue weighted by atomic mass is 19.4. The number of carbonyl (C=O) groups is 1. The summed E-state index contributed by atoms with van der Waals surface area (Å²) in [5.41, 5.74) is -1.14. The Morgan fingerprint density at radius 2 is 0.894 bits per heavy atom. The van der Waals surface area contributed by atoms with Crippen molar-refractivity contribution in [3.8, 4) is 0 Å². The molecule has 2 aliphatic rings. The molecule has 0 saturated heterocycles. The van der Waals surface area contributed by atoms with E-state index in [0.717, 1.165) is 57.1 Å². The summed E-state index contributed by atoms with van der Waals surface area (Å²) in [4.78, 5) is 12.2. The fraction of sp³-hybridized carbons (Fsp3) is 0.759. The van der Waals surface area contributed by atoms with Crippen molar-refractivity contribution in [1.29, 1.82) is 0 Å². The molecule has 0 radical (unpaired) electrons. The number of halogens is 17. The number of ketones is 1. The molecule has 0 bridgehead atoms. The molecule has 47 heavy (non-hydrogen) atoms. The standard InChI is InChI=1S/C29H29F17O/c1-2-15-3-5-16(6-4-15)17-7-9-18(10-8-17)19-11-13-20(14-12-19)21(47)22(30,31)23(32,33)24(34,35)25(36,37)26(38,39)27(40,41)28(42,43)29(44,45)46/h11-18H,2-10H2,1H3/t15-,16-,17?,18?. The van der Waals surface area contributed by atoms with Crippen LogP contribution >= 0.6 is 0 Å². The van der Waals surface area contributed by atoms with Crippen molar-refractivity contribution in [3.63, 3.8) is 0 Å². The Labute approximate surface area is 257 Å². The summed E-state index contributed by atoms with van der Waals surface area (Å²) in [6.07, 6.45) is 0.451. The molecule has 0 unspecified atom stereocenters. The van der Waals surface area contributed by atoms with Gasteiger partial charge in [0.1, 0.15) is 0 Å². The zero-order valence-corrected chi connectivity index (χ0v) is 24.3. The van der Waals surface area contributed by atoms with Crippen molar-refractivity contribution in [2.75, 3.05) is 0 Å². The van der Waals surface area contributed by atoms with Crippen molar-refractivity contribution in [2.45, 2.75) is 118 Å². The number of rotatable bonds is 11. The second kappa shape index (κ2) is 12.5. The predicted octanol–water partition coefficient (Wildman–Crippen LogP) is 11.4. The molecule has 0 spiro atoms. The van der Waals surface area contributed by atoms with Gasteiger partial charge in [0, 0.05) is 5.56 Å². The Balaban J connectivity index is 1.80. The third-order valence-electron chi connectivity index (χ3n) is 9.56. The van der Waals surface area contributed by atoms with Gasteiger partial charge in [-0.1, -0.05) is 50.5 Å². The Kier molecular flexibility index (Phi) is 10.4. The van der Waals surface area contributed by atoms with Crippen molar-refractivity contribution in [1.82, 2.24) is 0 Å². The molecule has 270 valence electrons. The van der Waals surface area contributed by atoms with Crippen LogP contribution in [0.4, 0.5) is 74.6 Å². The highest BCUT2D eigenvalue weighted by molar-refractivity contribution is 6.02. The largest absolute Gasteiger partial charge is 0.460 e. The van der Waals surface area contributed by atoms with Gasteiger partial charge in [-0.15, -0.1) is 0 Å². The SMILES string of the molecule is CC[C@H]1CC[C@H](C2CCC(c3ccc(C(=O)C(F)(F)C(F)(F)C(F)(F)C(F)(F)C(F)(F)C(F)(F)C(F)(F)C(F)(F)F)cc3)CC2)CC1. The smallest absolute Gasteiger partial charge is 0.287 e. The van der Waals surface area contributed by atoms with E-state index in [1.807, 2.05) is 0 Å². The lowest BCUT2D eigenvalue weighted by Crippen LogP contribution is -2.75. The molecule has 1 nitrogen and oxygen atoms in total. The zero-order valence-electron chi connectivity index (χ0n) is 24.3. The van der Waals surface area contributed by atoms with Crippen molar-refractivity contribution >= 4 is 5.78 Å². The van der Waals surface area contributed by atoms with E-state index >= 15 is 0 Å². The lowest BCUT2D eigenvalue weighted by Gasteiger charge is -2.42. The average Bonchev–Trinajstić information content (AvgIpc) is 2.99. The lowest BCUT2D eigenvalue weighted by molar-refractivity contribution is -0.459. The number of alkyl halides is 17. The van der Waals surface area contributed by atoms with Gasteiger partial charge in [-0.2, -0.15) is 74.6 Å². The maximum atomic E-state index is 14.5. The second-order valence-corrected chi connectivity index (χ2v) is 12.3. The van der Waals surface area contributed by atoms with E-state index in [1.54, 1.807) is 0 Å². The van der Waals surface area contributed by atoms with E-state index in [9.17, 15) is 79.4 Å². The van der Waals surface area contributed by atoms with Gasteiger partial charge >= 0.3 is 47.6 Å². The maximum Gasteiger partial charge on any atom is 0.460 e. The van der Waals surface area contributed by atoms with Crippen LogP contribution in [-0.2, 0) is 0 Å². The second-order valence-electron chi connectivity index (χ2n) is 12.3. The normalized spacial score (nSPS) is 24.7. The summed E-state index contributed by atoms with van der Waals surface area (Å²) in [6.45, 7) is 2.12. The first-order valence-corrected chi connectivity index (χ1v) is 14.5. The summed E-state index contributed by atoms with van der Waals surface area (Å²) < 4.78 is 230. The van der Waals surface area contributed by atoms with Gasteiger partial charge in [-0.3, -0.25) is 4.79 Å². The molecule has 0 aliphatic heterocycles.